The molecule has 134 valence electrons. The summed E-state index contributed by atoms with van der Waals surface area (Å²) >= 11 is 0. The molecule has 0 aliphatic heterocycles. The minimum absolute atomic E-state index is 0.0158. The third-order valence-electron chi connectivity index (χ3n) is 3.92. The molecule has 0 radical (unpaired) electrons. The van der Waals surface area contributed by atoms with Gasteiger partial charge in [0.2, 0.25) is 5.88 Å². The average molecular weight is 360 g/mol. The molecule has 0 saturated carbocycles. The second kappa shape index (κ2) is 7.54. The molecule has 1 aromatic carbocycles. The first-order valence-electron chi connectivity index (χ1n) is 8.14. The summed E-state index contributed by atoms with van der Waals surface area (Å²) < 4.78 is 7.21. The summed E-state index contributed by atoms with van der Waals surface area (Å²) in [7, 11) is 1.41. The van der Waals surface area contributed by atoms with E-state index in [4.69, 9.17) is 4.74 Å². The molecule has 0 bridgehead atoms. The number of nitrogens with one attached hydrogen (secondary N) is 1. The molecule has 0 aliphatic rings. The predicted molar refractivity (Wildman–Crippen MR) is 100 cm³/mol. The SMILES string of the molecule is CNC(=O)/C(C#N)=C/c1c(Oc2ccccc2C)nc2ccccn2c1=O. The standard InChI is InChI=1S/C20H16N4O3/c1-13-7-3-4-8-16(13)27-19-15(11-14(12-21)18(25)22-2)20(26)24-10-6-5-9-17(24)23-19/h3-11H,1-2H3,(H,22,25)/b14-11+. The molecular weight excluding hydrogens is 344 g/mol. The lowest BCUT2D eigenvalue weighted by molar-refractivity contribution is -0.116. The Labute approximate surface area is 155 Å². The van der Waals surface area contributed by atoms with E-state index in [2.05, 4.69) is 10.3 Å². The average Bonchev–Trinajstić information content (AvgIpc) is 2.69. The lowest BCUT2D eigenvalue weighted by atomic mass is 10.1. The Morgan fingerprint density at radius 1 is 1.26 bits per heavy atom. The summed E-state index contributed by atoms with van der Waals surface area (Å²) in [5.41, 5.74) is 0.598. The van der Waals surface area contributed by atoms with Crippen LogP contribution in [0.4, 0.5) is 0 Å². The summed E-state index contributed by atoms with van der Waals surface area (Å²) in [6, 6.07) is 14.2. The Bertz CT molecular complexity index is 1160. The molecule has 0 atom stereocenters. The largest absolute Gasteiger partial charge is 0.438 e. The van der Waals surface area contributed by atoms with Crippen LogP contribution < -0.4 is 15.6 Å². The van der Waals surface area contributed by atoms with Crippen molar-refractivity contribution in [2.24, 2.45) is 0 Å². The molecule has 0 fully saturated rings. The van der Waals surface area contributed by atoms with E-state index in [0.717, 1.165) is 5.56 Å². The summed E-state index contributed by atoms with van der Waals surface area (Å²) in [5, 5.41) is 11.6. The normalized spacial score (nSPS) is 11.1. The highest BCUT2D eigenvalue weighted by molar-refractivity contribution is 6.01. The van der Waals surface area contributed by atoms with E-state index in [1.807, 2.05) is 19.1 Å². The number of pyridine rings is 1. The molecular formula is C20H16N4O3. The third kappa shape index (κ3) is 3.55. The smallest absolute Gasteiger partial charge is 0.269 e. The van der Waals surface area contributed by atoms with Gasteiger partial charge in [0.25, 0.3) is 11.5 Å². The van der Waals surface area contributed by atoms with Gasteiger partial charge >= 0.3 is 0 Å². The number of hydrogen-bond donors (Lipinski definition) is 1. The lowest BCUT2D eigenvalue weighted by Crippen LogP contribution is -2.22. The Morgan fingerprint density at radius 3 is 2.70 bits per heavy atom. The summed E-state index contributed by atoms with van der Waals surface area (Å²) in [6.07, 6.45) is 2.76. The minimum Gasteiger partial charge on any atom is -0.438 e. The topological polar surface area (TPSA) is 96.5 Å². The zero-order valence-electron chi connectivity index (χ0n) is 14.8. The second-order valence-corrected chi connectivity index (χ2v) is 5.68. The number of ether oxygens (including phenoxy) is 1. The number of carbonyl (C=O) groups is 1. The number of fused-ring (bicyclic) bond motifs is 1. The van der Waals surface area contributed by atoms with Crippen molar-refractivity contribution in [1.29, 1.82) is 5.26 Å². The van der Waals surface area contributed by atoms with E-state index in [-0.39, 0.29) is 17.0 Å². The van der Waals surface area contributed by atoms with Crippen LogP contribution in [0.1, 0.15) is 11.1 Å². The maximum atomic E-state index is 12.9. The summed E-state index contributed by atoms with van der Waals surface area (Å²) in [6.45, 7) is 1.87. The highest BCUT2D eigenvalue weighted by Crippen LogP contribution is 2.26. The number of carbonyl (C=O) groups excluding carboxylic acids is 1. The number of benzene rings is 1. The van der Waals surface area contributed by atoms with Crippen molar-refractivity contribution < 1.29 is 9.53 Å². The number of nitrogens with zero attached hydrogens (tertiary/aromatic N) is 3. The molecule has 7 heteroatoms. The van der Waals surface area contributed by atoms with Gasteiger partial charge in [-0.2, -0.15) is 10.2 Å². The fourth-order valence-corrected chi connectivity index (χ4v) is 2.49. The zero-order chi connectivity index (χ0) is 19.4. The van der Waals surface area contributed by atoms with Crippen LogP contribution in [0.2, 0.25) is 0 Å². The first-order valence-corrected chi connectivity index (χ1v) is 8.14. The van der Waals surface area contributed by atoms with Crippen molar-refractivity contribution in [1.82, 2.24) is 14.7 Å². The number of aryl methyl sites for hydroxylation is 1. The number of likely N-dealkylation sites (N-methyl/N-ethyl adjacent to an activating group) is 1. The number of aromatic nitrogens is 2. The van der Waals surface area contributed by atoms with Crippen LogP contribution in [-0.4, -0.2) is 22.3 Å². The number of para-hydroxylation sites is 1. The van der Waals surface area contributed by atoms with Crippen LogP contribution in [0.3, 0.4) is 0 Å². The van der Waals surface area contributed by atoms with Gasteiger partial charge in [0.05, 0.1) is 0 Å². The van der Waals surface area contributed by atoms with Gasteiger partial charge in [-0.3, -0.25) is 14.0 Å². The van der Waals surface area contributed by atoms with Crippen LogP contribution in [0.15, 0.2) is 59.0 Å². The molecule has 1 N–H and O–H groups in total. The van der Waals surface area contributed by atoms with E-state index in [0.29, 0.717) is 11.4 Å². The first kappa shape index (κ1) is 17.9. The molecule has 0 unspecified atom stereocenters. The maximum Gasteiger partial charge on any atom is 0.269 e. The minimum atomic E-state index is -0.600. The van der Waals surface area contributed by atoms with Crippen LogP contribution >= 0.6 is 0 Å². The number of amides is 1. The van der Waals surface area contributed by atoms with Gasteiger partial charge in [-0.15, -0.1) is 0 Å². The van der Waals surface area contributed by atoms with Gasteiger partial charge in [0, 0.05) is 13.2 Å². The van der Waals surface area contributed by atoms with Gasteiger partial charge < -0.3 is 10.1 Å². The molecule has 2 aromatic heterocycles. The van der Waals surface area contributed by atoms with Crippen molar-refractivity contribution in [3.63, 3.8) is 0 Å². The lowest BCUT2D eigenvalue weighted by Gasteiger charge is -2.11. The highest BCUT2D eigenvalue weighted by Gasteiger charge is 2.17. The molecule has 0 saturated heterocycles. The van der Waals surface area contributed by atoms with Crippen LogP contribution in [0, 0.1) is 18.3 Å². The van der Waals surface area contributed by atoms with Crippen LogP contribution in [-0.2, 0) is 4.79 Å². The second-order valence-electron chi connectivity index (χ2n) is 5.68. The van der Waals surface area contributed by atoms with Crippen molar-refractivity contribution in [2.45, 2.75) is 6.92 Å². The first-order chi connectivity index (χ1) is 13.0. The molecule has 27 heavy (non-hydrogen) atoms. The summed E-state index contributed by atoms with van der Waals surface area (Å²) in [5.74, 6) is -0.0492. The Kier molecular flexibility index (Phi) is 4.99. The monoisotopic (exact) mass is 360 g/mol. The fraction of sp³-hybridized carbons (Fsp3) is 0.100. The van der Waals surface area contributed by atoms with Gasteiger partial charge in [0.1, 0.15) is 28.6 Å². The van der Waals surface area contributed by atoms with Gasteiger partial charge in [-0.05, 0) is 36.8 Å². The predicted octanol–water partition coefficient (Wildman–Crippen LogP) is 2.45. The van der Waals surface area contributed by atoms with Crippen molar-refractivity contribution in [3.8, 4) is 17.7 Å². The molecule has 3 aromatic rings. The fourth-order valence-electron chi connectivity index (χ4n) is 2.49. The van der Waals surface area contributed by atoms with E-state index in [1.165, 1.54) is 17.5 Å². The Morgan fingerprint density at radius 2 is 2.00 bits per heavy atom. The number of hydrogen-bond acceptors (Lipinski definition) is 5. The molecule has 1 amide bonds. The molecule has 0 aliphatic carbocycles. The summed E-state index contributed by atoms with van der Waals surface area (Å²) in [4.78, 5) is 29.2. The number of rotatable bonds is 4. The van der Waals surface area contributed by atoms with E-state index in [1.54, 1.807) is 42.6 Å². The van der Waals surface area contributed by atoms with Gasteiger partial charge in [-0.1, -0.05) is 24.3 Å². The van der Waals surface area contributed by atoms with E-state index < -0.39 is 11.5 Å². The van der Waals surface area contributed by atoms with E-state index >= 15 is 0 Å². The van der Waals surface area contributed by atoms with Crippen molar-refractivity contribution in [2.75, 3.05) is 7.05 Å². The van der Waals surface area contributed by atoms with E-state index in [9.17, 15) is 14.9 Å². The molecule has 7 nitrogen and oxygen atoms in total. The molecule has 0 spiro atoms. The molecule has 3 rings (SSSR count). The Hall–Kier alpha value is -3.92. The highest BCUT2D eigenvalue weighted by atomic mass is 16.5. The van der Waals surface area contributed by atoms with Crippen LogP contribution in [0.5, 0.6) is 11.6 Å². The van der Waals surface area contributed by atoms with Crippen LogP contribution in [0.25, 0.3) is 11.7 Å². The number of nitriles is 1. The maximum absolute atomic E-state index is 12.9. The Balaban J connectivity index is 2.26. The van der Waals surface area contributed by atoms with Crippen molar-refractivity contribution in [3.05, 3.63) is 75.7 Å². The zero-order valence-corrected chi connectivity index (χ0v) is 14.8. The van der Waals surface area contributed by atoms with Gasteiger partial charge in [0.15, 0.2) is 0 Å². The molecule has 2 heterocycles. The quantitative estimate of drug-likeness (QED) is 0.569. The van der Waals surface area contributed by atoms with Gasteiger partial charge in [-0.25, -0.2) is 0 Å². The third-order valence-corrected chi connectivity index (χ3v) is 3.92. The van der Waals surface area contributed by atoms with Crippen molar-refractivity contribution >= 4 is 17.6 Å².